The molecule has 0 aliphatic heterocycles. The van der Waals surface area contributed by atoms with E-state index in [0.717, 1.165) is 44.9 Å². The fourth-order valence-electron chi connectivity index (χ4n) is 9.96. The van der Waals surface area contributed by atoms with E-state index in [4.69, 9.17) is 9.05 Å². The zero-order valence-electron chi connectivity index (χ0n) is 50.8. The lowest BCUT2D eigenvalue weighted by Crippen LogP contribution is -2.45. The molecule has 0 saturated heterocycles. The van der Waals surface area contributed by atoms with E-state index >= 15 is 0 Å². The molecule has 8 nitrogen and oxygen atoms in total. The number of carbonyl (C=O) groups excluding carboxylic acids is 1. The first kappa shape index (κ1) is 73.7. The topological polar surface area (TPSA) is 105 Å². The zero-order chi connectivity index (χ0) is 54.9. The summed E-state index contributed by atoms with van der Waals surface area (Å²) in [6.45, 7) is 4.84. The van der Waals surface area contributed by atoms with Crippen molar-refractivity contribution in [1.29, 1.82) is 0 Å². The molecule has 3 N–H and O–H groups in total. The molecule has 0 heterocycles. The largest absolute Gasteiger partial charge is 0.472 e. The summed E-state index contributed by atoms with van der Waals surface area (Å²) in [5, 5.41) is 14.0. The van der Waals surface area contributed by atoms with Gasteiger partial charge < -0.3 is 19.8 Å². The number of allylic oxidation sites excluding steroid dienone is 5. The van der Waals surface area contributed by atoms with Crippen molar-refractivity contribution in [3.63, 3.8) is 0 Å². The van der Waals surface area contributed by atoms with Crippen molar-refractivity contribution >= 4 is 13.7 Å². The Morgan fingerprint density at radius 3 is 1.07 bits per heavy atom. The van der Waals surface area contributed by atoms with E-state index < -0.39 is 20.0 Å². The fourth-order valence-corrected chi connectivity index (χ4v) is 10.7. The summed E-state index contributed by atoms with van der Waals surface area (Å²) < 4.78 is 23.8. The van der Waals surface area contributed by atoms with Crippen molar-refractivity contribution in [2.45, 2.75) is 341 Å². The fraction of sp³-hybridized carbons (Fsp3) is 0.894. The molecule has 0 aromatic carbocycles. The highest BCUT2D eigenvalue weighted by Gasteiger charge is 2.28. The molecule has 0 aliphatic carbocycles. The molecule has 0 saturated carbocycles. The van der Waals surface area contributed by atoms with E-state index in [9.17, 15) is 19.4 Å². The number of phosphoric ester groups is 1. The van der Waals surface area contributed by atoms with Crippen LogP contribution in [0.1, 0.15) is 328 Å². The molecule has 3 unspecified atom stereocenters. The summed E-state index contributed by atoms with van der Waals surface area (Å²) in [7, 11) is 1.56. The summed E-state index contributed by atoms with van der Waals surface area (Å²) in [5.41, 5.74) is 0. The number of amides is 1. The van der Waals surface area contributed by atoms with Gasteiger partial charge in [-0.05, 0) is 44.9 Å². The number of unbranched alkanes of at least 4 members (excludes halogenated alkanes) is 44. The molecule has 3 atom stereocenters. The van der Waals surface area contributed by atoms with Gasteiger partial charge in [0.2, 0.25) is 5.91 Å². The number of phosphoric acid groups is 1. The molecule has 0 aliphatic rings. The Morgan fingerprint density at radius 2 is 0.733 bits per heavy atom. The van der Waals surface area contributed by atoms with E-state index in [0.29, 0.717) is 17.4 Å². The molecule has 9 heteroatoms. The normalized spacial score (nSPS) is 14.0. The predicted octanol–water partition coefficient (Wildman–Crippen LogP) is 20.5. The van der Waals surface area contributed by atoms with Crippen LogP contribution in [0.5, 0.6) is 0 Å². The van der Waals surface area contributed by atoms with Gasteiger partial charge in [-0.2, -0.15) is 0 Å². The SMILES string of the molecule is CCCCCCCCCCCCCCCC/C=C/CC/C=C/CC/C=C/C(O)C(COP(=O)(O)OCC[N+](C)(C)C)NC(=O)CCCCCCCCCCCCCCCCCCCCCCCCCCCCCCC. The van der Waals surface area contributed by atoms with Crippen LogP contribution < -0.4 is 5.32 Å². The predicted molar refractivity (Wildman–Crippen MR) is 328 cm³/mol. The second kappa shape index (κ2) is 57.4. The Labute approximate surface area is 467 Å². The van der Waals surface area contributed by atoms with E-state index in [1.807, 2.05) is 27.2 Å². The summed E-state index contributed by atoms with van der Waals surface area (Å²) in [5.74, 6) is -0.184. The van der Waals surface area contributed by atoms with Crippen molar-refractivity contribution < 1.29 is 32.9 Å². The van der Waals surface area contributed by atoms with E-state index in [-0.39, 0.29) is 19.1 Å². The minimum atomic E-state index is -4.36. The van der Waals surface area contributed by atoms with Gasteiger partial charge in [0, 0.05) is 6.42 Å². The lowest BCUT2D eigenvalue weighted by Gasteiger charge is -2.25. The highest BCUT2D eigenvalue weighted by molar-refractivity contribution is 7.47. The molecule has 0 aromatic rings. The van der Waals surface area contributed by atoms with E-state index in [1.165, 1.54) is 263 Å². The standard InChI is InChI=1S/C66H129N2O6P/c1-6-8-10-12-14-16-18-20-22-24-26-28-30-32-33-34-35-36-38-40-42-44-46-48-50-52-54-56-58-60-66(70)67-64(63-74-75(71,72)73-62-61-68(3,4)5)65(69)59-57-55-53-51-49-47-45-43-41-39-37-31-29-27-25-23-21-19-17-15-13-11-9-7-2/h41,43,49,51,57,59,64-65,69H,6-40,42,44-48,50,52-56,58,60-63H2,1-5H3,(H-,67,70,71,72)/p+1/b43-41+,51-49+,59-57+. The van der Waals surface area contributed by atoms with E-state index in [2.05, 4.69) is 43.5 Å². The molecule has 1 amide bonds. The number of quaternary nitrogens is 1. The average molecular weight is 1080 g/mol. The second-order valence-corrected chi connectivity index (χ2v) is 25.3. The van der Waals surface area contributed by atoms with E-state index in [1.54, 1.807) is 6.08 Å². The molecule has 444 valence electrons. The van der Waals surface area contributed by atoms with Crippen molar-refractivity contribution in [1.82, 2.24) is 5.32 Å². The number of rotatable bonds is 61. The van der Waals surface area contributed by atoms with Gasteiger partial charge >= 0.3 is 7.82 Å². The first-order valence-electron chi connectivity index (χ1n) is 32.9. The number of carbonyl (C=O) groups is 1. The minimum absolute atomic E-state index is 0.0553. The Hall–Kier alpha value is -1.28. The van der Waals surface area contributed by atoms with Crippen LogP contribution in [0.4, 0.5) is 0 Å². The number of likely N-dealkylation sites (N-methyl/N-ethyl adjacent to an activating group) is 1. The maximum absolute atomic E-state index is 13.0. The number of aliphatic hydroxyl groups is 1. The van der Waals surface area contributed by atoms with Crippen LogP contribution in [0.2, 0.25) is 0 Å². The van der Waals surface area contributed by atoms with Crippen LogP contribution in [0.25, 0.3) is 0 Å². The smallest absolute Gasteiger partial charge is 0.387 e. The third-order valence-electron chi connectivity index (χ3n) is 15.1. The van der Waals surface area contributed by atoms with Gasteiger partial charge in [-0.15, -0.1) is 0 Å². The molecule has 0 fully saturated rings. The maximum atomic E-state index is 13.0. The van der Waals surface area contributed by atoms with Gasteiger partial charge in [-0.1, -0.05) is 314 Å². The van der Waals surface area contributed by atoms with Gasteiger partial charge in [0.05, 0.1) is 39.9 Å². The molecular weight excluding hydrogens is 948 g/mol. The molecule has 0 bridgehead atoms. The number of nitrogens with zero attached hydrogens (tertiary/aromatic N) is 1. The average Bonchev–Trinajstić information content (AvgIpc) is 3.37. The Balaban J connectivity index is 4.13. The van der Waals surface area contributed by atoms with Gasteiger partial charge in [-0.25, -0.2) is 4.57 Å². The van der Waals surface area contributed by atoms with Crippen LogP contribution in [0.3, 0.4) is 0 Å². The summed E-state index contributed by atoms with van der Waals surface area (Å²) >= 11 is 0. The molecule has 0 aromatic heterocycles. The van der Waals surface area contributed by atoms with Crippen LogP contribution >= 0.6 is 7.82 Å². The third kappa shape index (κ3) is 60.2. The number of aliphatic hydroxyl groups excluding tert-OH is 1. The summed E-state index contributed by atoms with van der Waals surface area (Å²) in [6, 6.07) is -0.869. The minimum Gasteiger partial charge on any atom is -0.387 e. The van der Waals surface area contributed by atoms with Crippen LogP contribution in [-0.2, 0) is 18.4 Å². The molecule has 0 rings (SSSR count). The van der Waals surface area contributed by atoms with Gasteiger partial charge in [0.1, 0.15) is 13.2 Å². The van der Waals surface area contributed by atoms with Crippen molar-refractivity contribution in [2.75, 3.05) is 40.9 Å². The molecule has 75 heavy (non-hydrogen) atoms. The Kier molecular flexibility index (Phi) is 56.4. The van der Waals surface area contributed by atoms with Crippen LogP contribution in [-0.4, -0.2) is 73.4 Å². The molecule has 0 radical (unpaired) electrons. The maximum Gasteiger partial charge on any atom is 0.472 e. The zero-order valence-corrected chi connectivity index (χ0v) is 51.7. The van der Waals surface area contributed by atoms with Gasteiger partial charge in [0.15, 0.2) is 0 Å². The van der Waals surface area contributed by atoms with Crippen LogP contribution in [0.15, 0.2) is 36.5 Å². The van der Waals surface area contributed by atoms with Crippen molar-refractivity contribution in [2.24, 2.45) is 0 Å². The van der Waals surface area contributed by atoms with Gasteiger partial charge in [-0.3, -0.25) is 13.8 Å². The second-order valence-electron chi connectivity index (χ2n) is 23.8. The Bertz CT molecular complexity index is 1320. The van der Waals surface area contributed by atoms with Crippen molar-refractivity contribution in [3.05, 3.63) is 36.5 Å². The lowest BCUT2D eigenvalue weighted by molar-refractivity contribution is -0.870. The number of nitrogens with one attached hydrogen (secondary N) is 1. The molecular formula is C66H130N2O6P+. The highest BCUT2D eigenvalue weighted by Crippen LogP contribution is 2.43. The highest BCUT2D eigenvalue weighted by atomic mass is 31.2. The quantitative estimate of drug-likeness (QED) is 0.0243. The summed E-state index contributed by atoms with van der Waals surface area (Å²) in [4.78, 5) is 23.4. The molecule has 0 spiro atoms. The third-order valence-corrected chi connectivity index (χ3v) is 16.1. The Morgan fingerprint density at radius 1 is 0.440 bits per heavy atom. The number of hydrogen-bond donors (Lipinski definition) is 3. The summed E-state index contributed by atoms with van der Waals surface area (Å²) in [6.07, 6.45) is 75.7. The monoisotopic (exact) mass is 1080 g/mol. The first-order valence-corrected chi connectivity index (χ1v) is 34.4. The van der Waals surface area contributed by atoms with Crippen LogP contribution in [0, 0.1) is 0 Å². The number of hydrogen-bond acceptors (Lipinski definition) is 5. The lowest BCUT2D eigenvalue weighted by atomic mass is 10.0. The van der Waals surface area contributed by atoms with Crippen molar-refractivity contribution in [3.8, 4) is 0 Å². The first-order chi connectivity index (χ1) is 36.5. The van der Waals surface area contributed by atoms with Gasteiger partial charge in [0.25, 0.3) is 0 Å².